The summed E-state index contributed by atoms with van der Waals surface area (Å²) in [6.07, 6.45) is 3.22. The molecular weight excluding hydrogens is 602 g/mol. The summed E-state index contributed by atoms with van der Waals surface area (Å²) in [5, 5.41) is 9.48. The minimum atomic E-state index is -4.10. The van der Waals surface area contributed by atoms with Gasteiger partial charge >= 0.3 is 0 Å². The van der Waals surface area contributed by atoms with E-state index in [1.807, 2.05) is 25.1 Å². The maximum absolute atomic E-state index is 14.3. The maximum Gasteiger partial charge on any atom is 0.253 e. The van der Waals surface area contributed by atoms with E-state index in [0.29, 0.717) is 27.9 Å². The topological polar surface area (TPSA) is 129 Å². The van der Waals surface area contributed by atoms with Crippen molar-refractivity contribution in [1.29, 1.82) is 0 Å². The Kier molecular flexibility index (Phi) is 8.41. The molecule has 2 N–H and O–H groups in total. The molecule has 5 aromatic rings. The fraction of sp³-hybridized carbons (Fsp3) is 0.286. The molecule has 0 fully saturated rings. The normalized spacial score (nSPS) is 14.2. The number of hydrogen-bond acceptors (Lipinski definition) is 8. The Morgan fingerprint density at radius 3 is 2.59 bits per heavy atom. The first kappa shape index (κ1) is 31.4. The molecule has 0 aliphatic carbocycles. The second-order valence-electron chi connectivity index (χ2n) is 12.0. The number of amides is 1. The SMILES string of the molecule is COc1cc(-c2ccc(C)cc2S(=O)(=O)c2cnc3[nH]cc(-c4ccc(C(=O)N(C)C[C@@H](C)O)cc4)c3n2)cc2c1CN(C)CC2. The summed E-state index contributed by atoms with van der Waals surface area (Å²) < 4.78 is 34.4. The van der Waals surface area contributed by atoms with Crippen LogP contribution in [-0.2, 0) is 22.8 Å². The molecule has 2 aromatic heterocycles. The van der Waals surface area contributed by atoms with Crippen molar-refractivity contribution in [2.75, 3.05) is 34.3 Å². The van der Waals surface area contributed by atoms with Crippen LogP contribution in [0.3, 0.4) is 0 Å². The van der Waals surface area contributed by atoms with Crippen LogP contribution >= 0.6 is 0 Å². The van der Waals surface area contributed by atoms with E-state index in [4.69, 9.17) is 4.74 Å². The highest BCUT2D eigenvalue weighted by atomic mass is 32.2. The van der Waals surface area contributed by atoms with Crippen molar-refractivity contribution >= 4 is 26.9 Å². The van der Waals surface area contributed by atoms with Crippen molar-refractivity contribution in [1.82, 2.24) is 24.8 Å². The number of nitrogens with zero attached hydrogens (tertiary/aromatic N) is 4. The number of carbonyl (C=O) groups excluding carboxylic acids is 1. The molecule has 0 bridgehead atoms. The summed E-state index contributed by atoms with van der Waals surface area (Å²) in [5.41, 5.74) is 7.13. The van der Waals surface area contributed by atoms with Crippen molar-refractivity contribution in [2.24, 2.45) is 0 Å². The fourth-order valence-electron chi connectivity index (χ4n) is 6.02. The smallest absolute Gasteiger partial charge is 0.253 e. The van der Waals surface area contributed by atoms with Gasteiger partial charge in [0.05, 0.1) is 24.3 Å². The van der Waals surface area contributed by atoms with Gasteiger partial charge in [0, 0.05) is 55.1 Å². The van der Waals surface area contributed by atoms with Gasteiger partial charge in [0.2, 0.25) is 9.84 Å². The minimum Gasteiger partial charge on any atom is -0.496 e. The number of benzene rings is 3. The highest BCUT2D eigenvalue weighted by Crippen LogP contribution is 2.38. The summed E-state index contributed by atoms with van der Waals surface area (Å²) in [6.45, 7) is 5.39. The zero-order chi connectivity index (χ0) is 32.7. The molecule has 11 heteroatoms. The largest absolute Gasteiger partial charge is 0.496 e. The van der Waals surface area contributed by atoms with Gasteiger partial charge in [-0.3, -0.25) is 4.79 Å². The Labute approximate surface area is 268 Å². The minimum absolute atomic E-state index is 0.150. The molecule has 3 heterocycles. The Morgan fingerprint density at radius 1 is 1.11 bits per heavy atom. The Hall–Kier alpha value is -4.58. The quantitative estimate of drug-likeness (QED) is 0.246. The molecule has 1 amide bonds. The van der Waals surface area contributed by atoms with E-state index >= 15 is 0 Å². The number of aromatic nitrogens is 3. The highest BCUT2D eigenvalue weighted by Gasteiger charge is 2.27. The van der Waals surface area contributed by atoms with E-state index in [-0.39, 0.29) is 22.4 Å². The van der Waals surface area contributed by atoms with Crippen LogP contribution in [0.15, 0.2) is 76.9 Å². The molecule has 1 atom stereocenters. The van der Waals surface area contributed by atoms with Gasteiger partial charge in [-0.2, -0.15) is 0 Å². The summed E-state index contributed by atoms with van der Waals surface area (Å²) in [5.74, 6) is 0.529. The second-order valence-corrected chi connectivity index (χ2v) is 13.9. The van der Waals surface area contributed by atoms with E-state index in [9.17, 15) is 18.3 Å². The zero-order valence-corrected chi connectivity index (χ0v) is 27.4. The zero-order valence-electron chi connectivity index (χ0n) is 26.5. The van der Waals surface area contributed by atoms with Gasteiger partial charge in [0.15, 0.2) is 10.7 Å². The number of ether oxygens (including phenoxy) is 1. The van der Waals surface area contributed by atoms with E-state index in [2.05, 4.69) is 33.0 Å². The van der Waals surface area contributed by atoms with Crippen LogP contribution in [0.2, 0.25) is 0 Å². The van der Waals surface area contributed by atoms with Crippen molar-refractivity contribution in [2.45, 2.75) is 42.8 Å². The lowest BCUT2D eigenvalue weighted by Crippen LogP contribution is -2.32. The summed E-state index contributed by atoms with van der Waals surface area (Å²) in [4.78, 5) is 28.8. The number of aryl methyl sites for hydroxylation is 1. The summed E-state index contributed by atoms with van der Waals surface area (Å²) in [6, 6.07) is 16.4. The first-order valence-electron chi connectivity index (χ1n) is 15.1. The van der Waals surface area contributed by atoms with Crippen LogP contribution < -0.4 is 4.74 Å². The number of methoxy groups -OCH3 is 1. The molecule has 10 nitrogen and oxygen atoms in total. The molecule has 0 saturated heterocycles. The molecule has 238 valence electrons. The van der Waals surface area contributed by atoms with Crippen LogP contribution in [0.5, 0.6) is 5.75 Å². The molecule has 6 rings (SSSR count). The average Bonchev–Trinajstić information content (AvgIpc) is 3.47. The van der Waals surface area contributed by atoms with Crippen LogP contribution in [0, 0.1) is 6.92 Å². The maximum atomic E-state index is 14.3. The first-order valence-corrected chi connectivity index (χ1v) is 16.6. The Morgan fingerprint density at radius 2 is 1.87 bits per heavy atom. The van der Waals surface area contributed by atoms with Crippen LogP contribution in [-0.4, -0.2) is 84.6 Å². The number of H-pyrrole nitrogens is 1. The third-order valence-corrected chi connectivity index (χ3v) is 10.1. The van der Waals surface area contributed by atoms with E-state index in [1.54, 1.807) is 57.6 Å². The van der Waals surface area contributed by atoms with Gasteiger partial charge in [0.1, 0.15) is 11.3 Å². The summed E-state index contributed by atoms with van der Waals surface area (Å²) in [7, 11) is 1.25. The predicted octanol–water partition coefficient (Wildman–Crippen LogP) is 4.88. The molecule has 0 unspecified atom stereocenters. The Balaban J connectivity index is 1.39. The number of aliphatic hydroxyl groups excluding tert-OH is 1. The van der Waals surface area contributed by atoms with Gasteiger partial charge in [-0.15, -0.1) is 0 Å². The molecule has 0 saturated carbocycles. The molecular formula is C35H37N5O5S. The van der Waals surface area contributed by atoms with Gasteiger partial charge in [0.25, 0.3) is 5.91 Å². The van der Waals surface area contributed by atoms with E-state index < -0.39 is 15.9 Å². The highest BCUT2D eigenvalue weighted by molar-refractivity contribution is 7.91. The van der Waals surface area contributed by atoms with Crippen molar-refractivity contribution < 1.29 is 23.1 Å². The third-order valence-electron chi connectivity index (χ3n) is 8.41. The number of rotatable bonds is 8. The number of aromatic amines is 1. The second kappa shape index (κ2) is 12.3. The molecule has 46 heavy (non-hydrogen) atoms. The average molecular weight is 640 g/mol. The first-order chi connectivity index (χ1) is 22.0. The number of likely N-dealkylation sites (N-methyl/N-ethyl adjacent to an activating group) is 2. The van der Waals surface area contributed by atoms with Gasteiger partial charge in [-0.25, -0.2) is 18.4 Å². The van der Waals surface area contributed by atoms with Crippen LogP contribution in [0.4, 0.5) is 0 Å². The van der Waals surface area contributed by atoms with Crippen molar-refractivity contribution in [3.63, 3.8) is 0 Å². The lowest BCUT2D eigenvalue weighted by atomic mass is 9.93. The number of hydrogen-bond donors (Lipinski definition) is 2. The van der Waals surface area contributed by atoms with Crippen molar-refractivity contribution in [3.05, 3.63) is 89.2 Å². The predicted molar refractivity (Wildman–Crippen MR) is 177 cm³/mol. The standard InChI is InChI=1S/C35H37N5O5S/c1-21-6-11-27(26-15-25-12-13-39(3)20-29(25)30(16-26)45-5)31(14-21)46(43,44)32-18-37-34-33(38-32)28(17-36-34)23-7-9-24(10-8-23)35(42)40(4)19-22(2)41/h6-11,14-18,22,41H,12-13,19-20H2,1-5H3,(H,36,37)/t22-/m1/s1. The number of nitrogens with one attached hydrogen (secondary N) is 1. The number of sulfone groups is 1. The third kappa shape index (κ3) is 5.89. The molecule has 0 spiro atoms. The fourth-order valence-corrected chi connectivity index (χ4v) is 7.47. The monoisotopic (exact) mass is 639 g/mol. The Bertz CT molecular complexity index is 2040. The number of fused-ring (bicyclic) bond motifs is 2. The van der Waals surface area contributed by atoms with E-state index in [1.165, 1.54) is 11.1 Å². The van der Waals surface area contributed by atoms with Gasteiger partial charge < -0.3 is 24.6 Å². The lowest BCUT2D eigenvalue weighted by Gasteiger charge is -2.27. The number of carbonyl (C=O) groups is 1. The van der Waals surface area contributed by atoms with Crippen LogP contribution in [0.25, 0.3) is 33.4 Å². The number of aliphatic hydroxyl groups is 1. The molecule has 3 aromatic carbocycles. The van der Waals surface area contributed by atoms with E-state index in [0.717, 1.165) is 53.1 Å². The molecule has 1 aliphatic heterocycles. The summed E-state index contributed by atoms with van der Waals surface area (Å²) >= 11 is 0. The van der Waals surface area contributed by atoms with Crippen molar-refractivity contribution in [3.8, 4) is 28.0 Å². The lowest BCUT2D eigenvalue weighted by molar-refractivity contribution is 0.0703. The van der Waals surface area contributed by atoms with Gasteiger partial charge in [-0.05, 0) is 73.8 Å². The molecule has 1 aliphatic rings. The van der Waals surface area contributed by atoms with Crippen LogP contribution in [0.1, 0.15) is 34.0 Å². The van der Waals surface area contributed by atoms with Gasteiger partial charge in [-0.1, -0.05) is 30.3 Å². The molecule has 0 radical (unpaired) electrons.